The molecule has 1 fully saturated rings. The Morgan fingerprint density at radius 2 is 1.91 bits per heavy atom. The largest absolute Gasteiger partial charge is 0.356 e. The molecule has 1 aliphatic rings. The van der Waals surface area contributed by atoms with E-state index in [1.54, 1.807) is 0 Å². The van der Waals surface area contributed by atoms with Gasteiger partial charge in [0.15, 0.2) is 0 Å². The highest BCUT2D eigenvalue weighted by molar-refractivity contribution is 5.42. The van der Waals surface area contributed by atoms with Gasteiger partial charge in [0, 0.05) is 32.4 Å². The summed E-state index contributed by atoms with van der Waals surface area (Å²) in [5, 5.41) is 3.14. The Labute approximate surface area is 137 Å². The van der Waals surface area contributed by atoms with E-state index in [1.807, 2.05) is 12.3 Å². The lowest BCUT2D eigenvalue weighted by molar-refractivity contribution is 0.402. The highest BCUT2D eigenvalue weighted by Gasteiger charge is 2.20. The van der Waals surface area contributed by atoms with Crippen LogP contribution in [0.5, 0.6) is 0 Å². The van der Waals surface area contributed by atoms with Gasteiger partial charge in [0.25, 0.3) is 0 Å². The lowest BCUT2D eigenvalue weighted by Crippen LogP contribution is -2.35. The molecule has 23 heavy (non-hydrogen) atoms. The molecule has 3 N–H and O–H groups in total. The molecule has 0 saturated carbocycles. The van der Waals surface area contributed by atoms with Crippen molar-refractivity contribution in [3.05, 3.63) is 48.2 Å². The van der Waals surface area contributed by atoms with Gasteiger partial charge in [0.2, 0.25) is 5.95 Å². The molecule has 2 heterocycles. The van der Waals surface area contributed by atoms with Crippen LogP contribution in [0.15, 0.2) is 42.6 Å². The SMILES string of the molecule is NCCNc1nccc(N2CCC(Cc3ccccc3)CC2)n1. The maximum Gasteiger partial charge on any atom is 0.224 e. The van der Waals surface area contributed by atoms with Crippen LogP contribution in [0.3, 0.4) is 0 Å². The fourth-order valence-electron chi connectivity index (χ4n) is 3.11. The number of anilines is 2. The van der Waals surface area contributed by atoms with Crippen LogP contribution in [0.25, 0.3) is 0 Å². The average molecular weight is 311 g/mol. The number of nitrogens with zero attached hydrogens (tertiary/aromatic N) is 3. The number of aromatic nitrogens is 2. The highest BCUT2D eigenvalue weighted by atomic mass is 15.2. The molecular weight excluding hydrogens is 286 g/mol. The second-order valence-corrected chi connectivity index (χ2v) is 6.07. The summed E-state index contributed by atoms with van der Waals surface area (Å²) in [6, 6.07) is 12.8. The zero-order valence-electron chi connectivity index (χ0n) is 13.5. The molecular formula is C18H25N5. The van der Waals surface area contributed by atoms with E-state index >= 15 is 0 Å². The standard InChI is InChI=1S/C18H25N5/c19-9-11-21-18-20-10-6-17(22-18)23-12-7-16(8-13-23)14-15-4-2-1-3-5-15/h1-6,10,16H,7-9,11-14,19H2,(H,20,21,22). The van der Waals surface area contributed by atoms with Gasteiger partial charge in [-0.1, -0.05) is 30.3 Å². The Morgan fingerprint density at radius 1 is 1.13 bits per heavy atom. The lowest BCUT2D eigenvalue weighted by Gasteiger charge is -2.33. The maximum absolute atomic E-state index is 5.51. The minimum absolute atomic E-state index is 0.582. The summed E-state index contributed by atoms with van der Waals surface area (Å²) < 4.78 is 0. The fourth-order valence-corrected chi connectivity index (χ4v) is 3.11. The molecule has 3 rings (SSSR count). The molecule has 0 unspecified atom stereocenters. The van der Waals surface area contributed by atoms with Crippen molar-refractivity contribution in [2.24, 2.45) is 11.7 Å². The number of nitrogens with one attached hydrogen (secondary N) is 1. The Hall–Kier alpha value is -2.14. The van der Waals surface area contributed by atoms with Gasteiger partial charge in [0.1, 0.15) is 5.82 Å². The second kappa shape index (κ2) is 7.92. The normalized spacial score (nSPS) is 15.6. The van der Waals surface area contributed by atoms with Crippen LogP contribution in [-0.2, 0) is 6.42 Å². The summed E-state index contributed by atoms with van der Waals surface area (Å²) in [7, 11) is 0. The van der Waals surface area contributed by atoms with Gasteiger partial charge >= 0.3 is 0 Å². The molecule has 0 amide bonds. The first kappa shape index (κ1) is 15.7. The predicted molar refractivity (Wildman–Crippen MR) is 94.7 cm³/mol. The summed E-state index contributed by atoms with van der Waals surface area (Å²) in [5.41, 5.74) is 6.95. The molecule has 5 nitrogen and oxygen atoms in total. The minimum Gasteiger partial charge on any atom is -0.356 e. The third-order valence-corrected chi connectivity index (χ3v) is 4.37. The van der Waals surface area contributed by atoms with E-state index in [0.29, 0.717) is 19.0 Å². The molecule has 122 valence electrons. The lowest BCUT2D eigenvalue weighted by atomic mass is 9.90. The predicted octanol–water partition coefficient (Wildman–Crippen LogP) is 2.31. The van der Waals surface area contributed by atoms with Crippen LogP contribution in [-0.4, -0.2) is 36.1 Å². The topological polar surface area (TPSA) is 67.1 Å². The van der Waals surface area contributed by atoms with Gasteiger partial charge in [0.05, 0.1) is 0 Å². The van der Waals surface area contributed by atoms with E-state index < -0.39 is 0 Å². The van der Waals surface area contributed by atoms with Crippen LogP contribution in [0.2, 0.25) is 0 Å². The molecule has 5 heteroatoms. The van der Waals surface area contributed by atoms with Crippen LogP contribution >= 0.6 is 0 Å². The van der Waals surface area contributed by atoms with Gasteiger partial charge in [-0.05, 0) is 36.8 Å². The first-order valence-electron chi connectivity index (χ1n) is 8.41. The molecule has 0 radical (unpaired) electrons. The highest BCUT2D eigenvalue weighted by Crippen LogP contribution is 2.24. The van der Waals surface area contributed by atoms with Crippen molar-refractivity contribution < 1.29 is 0 Å². The van der Waals surface area contributed by atoms with Crippen molar-refractivity contribution in [3.8, 4) is 0 Å². The van der Waals surface area contributed by atoms with Crippen LogP contribution in [0.1, 0.15) is 18.4 Å². The van der Waals surface area contributed by atoms with Gasteiger partial charge in [-0.15, -0.1) is 0 Å². The molecule has 2 aromatic rings. The van der Waals surface area contributed by atoms with Crippen molar-refractivity contribution in [2.45, 2.75) is 19.3 Å². The third kappa shape index (κ3) is 4.42. The van der Waals surface area contributed by atoms with Crippen molar-refractivity contribution in [1.29, 1.82) is 0 Å². The minimum atomic E-state index is 0.582. The van der Waals surface area contributed by atoms with Crippen molar-refractivity contribution in [2.75, 3.05) is 36.4 Å². The summed E-state index contributed by atoms with van der Waals surface area (Å²) in [6.45, 7) is 3.40. The molecule has 0 bridgehead atoms. The molecule has 1 aliphatic heterocycles. The van der Waals surface area contributed by atoms with E-state index in [1.165, 1.54) is 24.8 Å². The van der Waals surface area contributed by atoms with Crippen LogP contribution in [0, 0.1) is 5.92 Å². The van der Waals surface area contributed by atoms with Gasteiger partial charge < -0.3 is 16.0 Å². The Balaban J connectivity index is 1.54. The van der Waals surface area contributed by atoms with E-state index in [-0.39, 0.29) is 0 Å². The van der Waals surface area contributed by atoms with Gasteiger partial charge in [-0.25, -0.2) is 4.98 Å². The smallest absolute Gasteiger partial charge is 0.224 e. The van der Waals surface area contributed by atoms with Crippen LogP contribution < -0.4 is 16.0 Å². The van der Waals surface area contributed by atoms with Crippen molar-refractivity contribution in [1.82, 2.24) is 9.97 Å². The quantitative estimate of drug-likeness (QED) is 0.857. The zero-order chi connectivity index (χ0) is 15.9. The third-order valence-electron chi connectivity index (χ3n) is 4.37. The number of hydrogen-bond acceptors (Lipinski definition) is 5. The Morgan fingerprint density at radius 3 is 2.65 bits per heavy atom. The summed E-state index contributed by atoms with van der Waals surface area (Å²) in [5.74, 6) is 2.45. The van der Waals surface area contributed by atoms with Crippen molar-refractivity contribution >= 4 is 11.8 Å². The molecule has 1 aromatic heterocycles. The van der Waals surface area contributed by atoms with E-state index in [0.717, 1.165) is 24.8 Å². The number of hydrogen-bond donors (Lipinski definition) is 2. The number of benzene rings is 1. The molecule has 0 atom stereocenters. The summed E-state index contributed by atoms with van der Waals surface area (Å²) in [4.78, 5) is 11.2. The molecule has 1 aromatic carbocycles. The molecule has 1 saturated heterocycles. The van der Waals surface area contributed by atoms with E-state index in [2.05, 4.69) is 50.5 Å². The van der Waals surface area contributed by atoms with E-state index in [4.69, 9.17) is 5.73 Å². The first-order chi connectivity index (χ1) is 11.3. The molecule has 0 spiro atoms. The van der Waals surface area contributed by atoms with Crippen LogP contribution in [0.4, 0.5) is 11.8 Å². The Bertz CT molecular complexity index is 593. The summed E-state index contributed by atoms with van der Waals surface area (Å²) in [6.07, 6.45) is 5.42. The fraction of sp³-hybridized carbons (Fsp3) is 0.444. The van der Waals surface area contributed by atoms with E-state index in [9.17, 15) is 0 Å². The number of nitrogens with two attached hydrogens (primary N) is 1. The number of rotatable bonds is 6. The number of piperidine rings is 1. The maximum atomic E-state index is 5.51. The first-order valence-corrected chi connectivity index (χ1v) is 8.41. The van der Waals surface area contributed by atoms with Gasteiger partial charge in [-0.2, -0.15) is 4.98 Å². The zero-order valence-corrected chi connectivity index (χ0v) is 13.5. The average Bonchev–Trinajstić information content (AvgIpc) is 2.62. The molecule has 0 aliphatic carbocycles. The Kier molecular flexibility index (Phi) is 5.42. The van der Waals surface area contributed by atoms with Crippen molar-refractivity contribution in [3.63, 3.8) is 0 Å². The monoisotopic (exact) mass is 311 g/mol. The second-order valence-electron chi connectivity index (χ2n) is 6.07. The summed E-state index contributed by atoms with van der Waals surface area (Å²) >= 11 is 0. The van der Waals surface area contributed by atoms with Gasteiger partial charge in [-0.3, -0.25) is 0 Å².